The molecular weight excluding hydrogens is 188 g/mol. The second kappa shape index (κ2) is 3.66. The highest BCUT2D eigenvalue weighted by atomic mass is 35.5. The summed E-state index contributed by atoms with van der Waals surface area (Å²) in [6, 6.07) is 7.21. The van der Waals surface area contributed by atoms with Crippen molar-refractivity contribution in [3.63, 3.8) is 0 Å². The van der Waals surface area contributed by atoms with Crippen molar-refractivity contribution in [1.29, 1.82) is 0 Å². The lowest BCUT2D eigenvalue weighted by atomic mass is 10.00. The Hall–Kier alpha value is -0.570. The van der Waals surface area contributed by atoms with Gasteiger partial charge in [0.05, 0.1) is 6.10 Å². The van der Waals surface area contributed by atoms with E-state index in [1.54, 1.807) is 12.1 Å². The fourth-order valence-electron chi connectivity index (χ4n) is 1.38. The summed E-state index contributed by atoms with van der Waals surface area (Å²) in [6.07, 6.45) is 0.399. The van der Waals surface area contributed by atoms with Gasteiger partial charge in [-0.05, 0) is 24.1 Å². The van der Waals surface area contributed by atoms with Gasteiger partial charge >= 0.3 is 0 Å². The topological polar surface area (TPSA) is 29.5 Å². The molecular formula is C10H11ClO2. The number of rotatable bonds is 2. The maximum absolute atomic E-state index is 9.76. The van der Waals surface area contributed by atoms with Crippen molar-refractivity contribution in [2.24, 2.45) is 0 Å². The molecule has 2 atom stereocenters. The first-order chi connectivity index (χ1) is 6.27. The minimum atomic E-state index is -0.508. The zero-order valence-corrected chi connectivity index (χ0v) is 7.87. The van der Waals surface area contributed by atoms with Crippen molar-refractivity contribution in [2.45, 2.75) is 18.6 Å². The van der Waals surface area contributed by atoms with E-state index in [1.165, 1.54) is 0 Å². The largest absolute Gasteiger partial charge is 0.386 e. The molecule has 1 N–H and O–H groups in total. The van der Waals surface area contributed by atoms with E-state index >= 15 is 0 Å². The zero-order valence-electron chi connectivity index (χ0n) is 7.11. The zero-order chi connectivity index (χ0) is 9.26. The molecule has 2 unspecified atom stereocenters. The van der Waals surface area contributed by atoms with E-state index in [1.807, 2.05) is 12.1 Å². The lowest BCUT2D eigenvalue weighted by molar-refractivity contribution is -0.118. The molecule has 1 saturated heterocycles. The van der Waals surface area contributed by atoms with Gasteiger partial charge in [0, 0.05) is 11.6 Å². The van der Waals surface area contributed by atoms with Gasteiger partial charge in [-0.25, -0.2) is 0 Å². The Balaban J connectivity index is 2.10. The predicted molar refractivity (Wildman–Crippen MR) is 50.8 cm³/mol. The van der Waals surface area contributed by atoms with Crippen molar-refractivity contribution in [2.75, 3.05) is 6.61 Å². The number of ether oxygens (including phenoxy) is 1. The standard InChI is InChI=1S/C10H11ClO2/c11-8-3-1-7(2-4-8)10(12)9-5-6-13-9/h1-4,9-10,12H,5-6H2. The number of aliphatic hydroxyl groups is 1. The minimum absolute atomic E-state index is 0.0267. The second-order valence-corrected chi connectivity index (χ2v) is 3.63. The molecule has 70 valence electrons. The summed E-state index contributed by atoms with van der Waals surface area (Å²) in [5, 5.41) is 10.4. The Labute approximate surface area is 82.1 Å². The molecule has 1 aliphatic heterocycles. The molecule has 1 aliphatic rings. The number of aliphatic hydroxyl groups excluding tert-OH is 1. The van der Waals surface area contributed by atoms with Crippen molar-refractivity contribution < 1.29 is 9.84 Å². The van der Waals surface area contributed by atoms with E-state index in [4.69, 9.17) is 16.3 Å². The van der Waals surface area contributed by atoms with Crippen LogP contribution in [0.15, 0.2) is 24.3 Å². The molecule has 1 heterocycles. The molecule has 3 heteroatoms. The normalized spacial score (nSPS) is 23.7. The Morgan fingerprint density at radius 3 is 2.46 bits per heavy atom. The number of hydrogen-bond acceptors (Lipinski definition) is 2. The maximum Gasteiger partial charge on any atom is 0.105 e. The van der Waals surface area contributed by atoms with Crippen molar-refractivity contribution in [3.8, 4) is 0 Å². The summed E-state index contributed by atoms with van der Waals surface area (Å²) < 4.78 is 5.19. The molecule has 0 amide bonds. The van der Waals surface area contributed by atoms with Gasteiger partial charge in [0.15, 0.2) is 0 Å². The first-order valence-corrected chi connectivity index (χ1v) is 4.70. The summed E-state index contributed by atoms with van der Waals surface area (Å²) in [5.74, 6) is 0. The minimum Gasteiger partial charge on any atom is -0.386 e. The molecule has 1 aromatic carbocycles. The van der Waals surface area contributed by atoms with Crippen LogP contribution in [0.25, 0.3) is 0 Å². The van der Waals surface area contributed by atoms with Gasteiger partial charge in [0.25, 0.3) is 0 Å². The van der Waals surface area contributed by atoms with Gasteiger partial charge in [0.1, 0.15) is 6.10 Å². The summed E-state index contributed by atoms with van der Waals surface area (Å²) >= 11 is 5.73. The molecule has 0 aromatic heterocycles. The van der Waals surface area contributed by atoms with Gasteiger partial charge in [0.2, 0.25) is 0 Å². The molecule has 0 aliphatic carbocycles. The van der Waals surface area contributed by atoms with Gasteiger partial charge < -0.3 is 9.84 Å². The van der Waals surface area contributed by atoms with E-state index in [-0.39, 0.29) is 6.10 Å². The Bertz CT molecular complexity index is 279. The van der Waals surface area contributed by atoms with E-state index in [0.29, 0.717) is 5.02 Å². The first kappa shape index (κ1) is 9.00. The lowest BCUT2D eigenvalue weighted by Gasteiger charge is -2.31. The van der Waals surface area contributed by atoms with Crippen molar-refractivity contribution in [3.05, 3.63) is 34.9 Å². The van der Waals surface area contributed by atoms with Gasteiger partial charge in [-0.3, -0.25) is 0 Å². The van der Waals surface area contributed by atoms with Gasteiger partial charge in [-0.15, -0.1) is 0 Å². The highest BCUT2D eigenvalue weighted by molar-refractivity contribution is 6.30. The van der Waals surface area contributed by atoms with Crippen molar-refractivity contribution >= 4 is 11.6 Å². The van der Waals surface area contributed by atoms with E-state index in [0.717, 1.165) is 18.6 Å². The third-order valence-electron chi connectivity index (χ3n) is 2.30. The molecule has 0 spiro atoms. The van der Waals surface area contributed by atoms with Crippen LogP contribution in [0.1, 0.15) is 18.1 Å². The number of halogens is 1. The molecule has 0 saturated carbocycles. The second-order valence-electron chi connectivity index (χ2n) is 3.19. The predicted octanol–water partition coefficient (Wildman–Crippen LogP) is 2.16. The van der Waals surface area contributed by atoms with Crippen LogP contribution in [0.5, 0.6) is 0 Å². The average Bonchev–Trinajstić information content (AvgIpc) is 2.02. The maximum atomic E-state index is 9.76. The van der Waals surface area contributed by atoms with Crippen molar-refractivity contribution in [1.82, 2.24) is 0 Å². The summed E-state index contributed by atoms with van der Waals surface area (Å²) in [4.78, 5) is 0. The molecule has 0 bridgehead atoms. The molecule has 0 radical (unpaired) electrons. The van der Waals surface area contributed by atoms with E-state index < -0.39 is 6.10 Å². The summed E-state index contributed by atoms with van der Waals surface area (Å²) in [5.41, 5.74) is 0.870. The van der Waals surface area contributed by atoms with E-state index in [9.17, 15) is 5.11 Å². The van der Waals surface area contributed by atoms with Crippen LogP contribution in [0.2, 0.25) is 5.02 Å². The monoisotopic (exact) mass is 198 g/mol. The van der Waals surface area contributed by atoms with Crippen LogP contribution in [-0.4, -0.2) is 17.8 Å². The van der Waals surface area contributed by atoms with Crippen LogP contribution in [-0.2, 0) is 4.74 Å². The van der Waals surface area contributed by atoms with Crippen LogP contribution in [0, 0.1) is 0 Å². The average molecular weight is 199 g/mol. The Morgan fingerprint density at radius 1 is 1.38 bits per heavy atom. The van der Waals surface area contributed by atoms with Gasteiger partial charge in [-0.2, -0.15) is 0 Å². The van der Waals surface area contributed by atoms with Crippen LogP contribution in [0.3, 0.4) is 0 Å². The fourth-order valence-corrected chi connectivity index (χ4v) is 1.50. The lowest BCUT2D eigenvalue weighted by Crippen LogP contribution is -2.32. The highest BCUT2D eigenvalue weighted by Crippen LogP contribution is 2.27. The fraction of sp³-hybridized carbons (Fsp3) is 0.400. The quantitative estimate of drug-likeness (QED) is 0.789. The SMILES string of the molecule is OC(c1ccc(Cl)cc1)C1CCO1. The molecule has 13 heavy (non-hydrogen) atoms. The summed E-state index contributed by atoms with van der Waals surface area (Å²) in [7, 11) is 0. The molecule has 1 fully saturated rings. The van der Waals surface area contributed by atoms with E-state index in [2.05, 4.69) is 0 Å². The smallest absolute Gasteiger partial charge is 0.105 e. The number of benzene rings is 1. The molecule has 2 rings (SSSR count). The van der Waals surface area contributed by atoms with Crippen LogP contribution < -0.4 is 0 Å². The van der Waals surface area contributed by atoms with Crippen LogP contribution >= 0.6 is 11.6 Å². The first-order valence-electron chi connectivity index (χ1n) is 4.32. The van der Waals surface area contributed by atoms with Gasteiger partial charge in [-0.1, -0.05) is 23.7 Å². The third-order valence-corrected chi connectivity index (χ3v) is 2.55. The van der Waals surface area contributed by atoms with Crippen LogP contribution in [0.4, 0.5) is 0 Å². The number of hydrogen-bond donors (Lipinski definition) is 1. The highest BCUT2D eigenvalue weighted by Gasteiger charge is 2.27. The Morgan fingerprint density at radius 2 is 2.00 bits per heavy atom. The summed E-state index contributed by atoms with van der Waals surface area (Å²) in [6.45, 7) is 0.759. The molecule has 1 aromatic rings. The molecule has 2 nitrogen and oxygen atoms in total. The third kappa shape index (κ3) is 1.85. The Kier molecular flexibility index (Phi) is 2.54.